The highest BCUT2D eigenvalue weighted by Crippen LogP contribution is 2.40. The van der Waals surface area contributed by atoms with Crippen LogP contribution in [0.1, 0.15) is 59.3 Å². The summed E-state index contributed by atoms with van der Waals surface area (Å²) in [6.07, 6.45) is 11.0. The molecule has 1 aliphatic carbocycles. The van der Waals surface area contributed by atoms with E-state index in [0.717, 1.165) is 29.6 Å². The summed E-state index contributed by atoms with van der Waals surface area (Å²) < 4.78 is 0. The zero-order valence-corrected chi connectivity index (χ0v) is 15.1. The summed E-state index contributed by atoms with van der Waals surface area (Å²) >= 11 is 0. The lowest BCUT2D eigenvalue weighted by molar-refractivity contribution is 0.0705. The maximum Gasteiger partial charge on any atom is 0.274 e. The number of rotatable bonds is 3. The topological polar surface area (TPSA) is 71.9 Å². The molecule has 0 aromatic carbocycles. The Morgan fingerprint density at radius 3 is 2.56 bits per heavy atom. The molecule has 5 rings (SSSR count). The van der Waals surface area contributed by atoms with Gasteiger partial charge in [-0.15, -0.1) is 0 Å². The summed E-state index contributed by atoms with van der Waals surface area (Å²) in [5.74, 6) is 1.03. The van der Waals surface area contributed by atoms with E-state index >= 15 is 0 Å². The molecule has 0 radical (unpaired) electrons. The zero-order chi connectivity index (χ0) is 18.2. The van der Waals surface area contributed by atoms with Crippen molar-refractivity contribution in [2.75, 3.05) is 13.1 Å². The van der Waals surface area contributed by atoms with Gasteiger partial charge in [-0.1, -0.05) is 0 Å². The maximum atomic E-state index is 12.5. The molecule has 0 unspecified atom stereocenters. The predicted octanol–water partition coefficient (Wildman–Crippen LogP) is 3.32. The molecule has 0 bridgehead atoms. The van der Waals surface area contributed by atoms with Crippen molar-refractivity contribution < 1.29 is 4.79 Å². The van der Waals surface area contributed by atoms with Gasteiger partial charge in [0.1, 0.15) is 5.69 Å². The largest absolute Gasteiger partial charge is 0.337 e. The van der Waals surface area contributed by atoms with Gasteiger partial charge in [0, 0.05) is 48.7 Å². The van der Waals surface area contributed by atoms with Gasteiger partial charge < -0.3 is 4.90 Å². The lowest BCUT2D eigenvalue weighted by Crippen LogP contribution is -2.38. The SMILES string of the molecule is O=C(c1cnccn1)N1CCC(c2ccc3cc(C4CC4)cnc3n2)CC1. The molecule has 1 aliphatic heterocycles. The molecule has 0 spiro atoms. The van der Waals surface area contributed by atoms with Gasteiger partial charge >= 0.3 is 0 Å². The average molecular weight is 359 g/mol. The maximum absolute atomic E-state index is 12.5. The Morgan fingerprint density at radius 1 is 0.963 bits per heavy atom. The molecular weight excluding hydrogens is 338 g/mol. The minimum atomic E-state index is -0.0395. The highest BCUT2D eigenvalue weighted by Gasteiger charge is 2.27. The third-order valence-electron chi connectivity index (χ3n) is 5.62. The van der Waals surface area contributed by atoms with Crippen molar-refractivity contribution in [3.8, 4) is 0 Å². The molecule has 1 saturated carbocycles. The predicted molar refractivity (Wildman–Crippen MR) is 101 cm³/mol. The van der Waals surface area contributed by atoms with E-state index in [1.54, 1.807) is 12.4 Å². The Balaban J connectivity index is 1.29. The van der Waals surface area contributed by atoms with Crippen LogP contribution < -0.4 is 0 Å². The van der Waals surface area contributed by atoms with E-state index in [2.05, 4.69) is 33.2 Å². The van der Waals surface area contributed by atoms with E-state index in [1.807, 2.05) is 11.1 Å². The van der Waals surface area contributed by atoms with Crippen LogP contribution in [0.4, 0.5) is 0 Å². The second-order valence-corrected chi connectivity index (χ2v) is 7.48. The van der Waals surface area contributed by atoms with Crippen LogP contribution in [0.25, 0.3) is 11.0 Å². The number of likely N-dealkylation sites (tertiary alicyclic amines) is 1. The molecule has 1 saturated heterocycles. The standard InChI is InChI=1S/C21H21N5O/c27-21(19-13-22-7-8-23-19)26-9-5-15(6-10-26)18-4-3-16-11-17(14-1-2-14)12-24-20(16)25-18/h3-4,7-8,11-15H,1-2,5-6,9-10H2. The third kappa shape index (κ3) is 3.27. The minimum Gasteiger partial charge on any atom is -0.337 e. The molecule has 4 heterocycles. The fourth-order valence-corrected chi connectivity index (χ4v) is 3.86. The third-order valence-corrected chi connectivity index (χ3v) is 5.62. The molecule has 0 atom stereocenters. The summed E-state index contributed by atoms with van der Waals surface area (Å²) in [5, 5.41) is 1.12. The lowest BCUT2D eigenvalue weighted by Gasteiger charge is -2.31. The van der Waals surface area contributed by atoms with Gasteiger partial charge in [0.05, 0.1) is 6.20 Å². The van der Waals surface area contributed by atoms with Gasteiger partial charge in [-0.25, -0.2) is 15.0 Å². The van der Waals surface area contributed by atoms with E-state index in [-0.39, 0.29) is 5.91 Å². The highest BCUT2D eigenvalue weighted by atomic mass is 16.2. The normalized spacial score (nSPS) is 18.0. The lowest BCUT2D eigenvalue weighted by atomic mass is 9.92. The molecule has 136 valence electrons. The van der Waals surface area contributed by atoms with E-state index < -0.39 is 0 Å². The Bertz CT molecular complexity index is 978. The van der Waals surface area contributed by atoms with Gasteiger partial charge in [-0.3, -0.25) is 9.78 Å². The van der Waals surface area contributed by atoms with Crippen LogP contribution >= 0.6 is 0 Å². The number of fused-ring (bicyclic) bond motifs is 1. The van der Waals surface area contributed by atoms with Crippen LogP contribution in [0.15, 0.2) is 43.0 Å². The minimum absolute atomic E-state index is 0.0395. The van der Waals surface area contributed by atoms with Crippen LogP contribution in [-0.4, -0.2) is 43.8 Å². The molecule has 0 N–H and O–H groups in total. The number of aromatic nitrogens is 4. The summed E-state index contributed by atoms with van der Waals surface area (Å²) in [4.78, 5) is 31.9. The second kappa shape index (κ2) is 6.68. The molecular formula is C21H21N5O. The van der Waals surface area contributed by atoms with E-state index in [9.17, 15) is 4.79 Å². The quantitative estimate of drug-likeness (QED) is 0.717. The van der Waals surface area contributed by atoms with Gasteiger partial charge in [-0.2, -0.15) is 0 Å². The van der Waals surface area contributed by atoms with Crippen LogP contribution in [-0.2, 0) is 0 Å². The van der Waals surface area contributed by atoms with E-state index in [4.69, 9.17) is 4.98 Å². The van der Waals surface area contributed by atoms with Crippen molar-refractivity contribution in [1.29, 1.82) is 0 Å². The average Bonchev–Trinajstić information content (AvgIpc) is 3.59. The monoisotopic (exact) mass is 359 g/mol. The number of carbonyl (C=O) groups excluding carboxylic acids is 1. The zero-order valence-electron chi connectivity index (χ0n) is 15.1. The molecule has 2 aliphatic rings. The van der Waals surface area contributed by atoms with Gasteiger partial charge in [-0.05, 0) is 55.4 Å². The van der Waals surface area contributed by atoms with E-state index in [0.29, 0.717) is 30.6 Å². The second-order valence-electron chi connectivity index (χ2n) is 7.48. The van der Waals surface area contributed by atoms with Gasteiger partial charge in [0.2, 0.25) is 0 Å². The first-order valence-corrected chi connectivity index (χ1v) is 9.60. The van der Waals surface area contributed by atoms with Gasteiger partial charge in [0.15, 0.2) is 5.65 Å². The summed E-state index contributed by atoms with van der Waals surface area (Å²) in [7, 11) is 0. The highest BCUT2D eigenvalue weighted by molar-refractivity contribution is 5.92. The van der Waals surface area contributed by atoms with Crippen molar-refractivity contribution in [1.82, 2.24) is 24.8 Å². The van der Waals surface area contributed by atoms with Crippen molar-refractivity contribution in [3.05, 3.63) is 59.9 Å². The first-order chi connectivity index (χ1) is 13.3. The van der Waals surface area contributed by atoms with Gasteiger partial charge in [0.25, 0.3) is 5.91 Å². The fourth-order valence-electron chi connectivity index (χ4n) is 3.86. The first kappa shape index (κ1) is 16.3. The van der Waals surface area contributed by atoms with Crippen molar-refractivity contribution >= 4 is 16.9 Å². The number of hydrogen-bond donors (Lipinski definition) is 0. The smallest absolute Gasteiger partial charge is 0.274 e. The molecule has 6 nitrogen and oxygen atoms in total. The fraction of sp³-hybridized carbons (Fsp3) is 0.381. The number of piperidine rings is 1. The molecule has 27 heavy (non-hydrogen) atoms. The Kier molecular flexibility index (Phi) is 4.03. The van der Waals surface area contributed by atoms with Crippen LogP contribution in [0.3, 0.4) is 0 Å². The Morgan fingerprint density at radius 2 is 1.81 bits per heavy atom. The summed E-state index contributed by atoms with van der Waals surface area (Å²) in [6, 6.07) is 6.51. The van der Waals surface area contributed by atoms with E-state index in [1.165, 1.54) is 24.6 Å². The molecule has 3 aromatic rings. The molecule has 1 amide bonds. The number of pyridine rings is 2. The summed E-state index contributed by atoms with van der Waals surface area (Å²) in [6.45, 7) is 1.43. The molecule has 6 heteroatoms. The number of carbonyl (C=O) groups is 1. The van der Waals surface area contributed by atoms with Crippen LogP contribution in [0, 0.1) is 0 Å². The van der Waals surface area contributed by atoms with Crippen LogP contribution in [0.2, 0.25) is 0 Å². The Hall–Kier alpha value is -2.89. The van der Waals surface area contributed by atoms with Crippen LogP contribution in [0.5, 0.6) is 0 Å². The Labute approximate surface area is 157 Å². The summed E-state index contributed by atoms with van der Waals surface area (Å²) in [5.41, 5.74) is 3.67. The first-order valence-electron chi connectivity index (χ1n) is 9.60. The number of hydrogen-bond acceptors (Lipinski definition) is 5. The van der Waals surface area contributed by atoms with Crippen molar-refractivity contribution in [2.45, 2.75) is 37.5 Å². The van der Waals surface area contributed by atoms with Crippen molar-refractivity contribution in [2.24, 2.45) is 0 Å². The van der Waals surface area contributed by atoms with Crippen molar-refractivity contribution in [3.63, 3.8) is 0 Å². The number of nitrogens with zero attached hydrogens (tertiary/aromatic N) is 5. The molecule has 2 fully saturated rings. The number of amides is 1. The molecule has 3 aromatic heterocycles.